The van der Waals surface area contributed by atoms with Crippen LogP contribution >= 0.6 is 0 Å². The minimum absolute atomic E-state index is 0.0985. The lowest BCUT2D eigenvalue weighted by Crippen LogP contribution is -2.53. The zero-order valence-corrected chi connectivity index (χ0v) is 22.4. The number of rotatable bonds is 5. The Bertz CT molecular complexity index is 1350. The molecule has 0 aromatic heterocycles. The number of hydrogen-bond donors (Lipinski definition) is 8. The molecular formula is C25H34N10O4. The molecule has 14 nitrogen and oxygen atoms in total. The number of aliphatic imine (C=N–C) groups is 4. The molecule has 2 aromatic rings. The van der Waals surface area contributed by atoms with Crippen molar-refractivity contribution in [1.29, 1.82) is 0 Å². The second-order valence-corrected chi connectivity index (χ2v) is 9.51. The second kappa shape index (κ2) is 11.2. The molecule has 0 fully saturated rings. The number of para-hydroxylation sites is 1. The van der Waals surface area contributed by atoms with Crippen molar-refractivity contribution in [3.63, 3.8) is 0 Å². The van der Waals surface area contributed by atoms with Crippen molar-refractivity contribution in [3.8, 4) is 23.0 Å². The van der Waals surface area contributed by atoms with Crippen LogP contribution in [0.15, 0.2) is 50.3 Å². The van der Waals surface area contributed by atoms with E-state index in [0.29, 0.717) is 41.4 Å². The summed E-state index contributed by atoms with van der Waals surface area (Å²) in [6.45, 7) is 2.00. The third kappa shape index (κ3) is 6.52. The molecule has 2 aliphatic heterocycles. The molecule has 2 aromatic carbocycles. The van der Waals surface area contributed by atoms with E-state index in [0.717, 1.165) is 0 Å². The molecule has 0 aliphatic carbocycles. The molecule has 0 saturated heterocycles. The van der Waals surface area contributed by atoms with Gasteiger partial charge < -0.3 is 40.9 Å². The third-order valence-corrected chi connectivity index (χ3v) is 5.84. The van der Waals surface area contributed by atoms with Gasteiger partial charge in [0.2, 0.25) is 17.9 Å². The van der Waals surface area contributed by atoms with Gasteiger partial charge in [0.25, 0.3) is 0 Å². The lowest BCUT2D eigenvalue weighted by Gasteiger charge is -2.27. The van der Waals surface area contributed by atoms with E-state index in [9.17, 15) is 20.4 Å². The maximum absolute atomic E-state index is 10.5. The quantitative estimate of drug-likeness (QED) is 0.252. The Kier molecular flexibility index (Phi) is 7.83. The fourth-order valence-electron chi connectivity index (χ4n) is 3.89. The fraction of sp³-hybridized carbons (Fsp3) is 0.360. The number of aromatic hydroxyl groups is 4. The predicted molar refractivity (Wildman–Crippen MR) is 150 cm³/mol. The van der Waals surface area contributed by atoms with Gasteiger partial charge in [-0.2, -0.15) is 0 Å². The summed E-state index contributed by atoms with van der Waals surface area (Å²) in [4.78, 5) is 21.8. The summed E-state index contributed by atoms with van der Waals surface area (Å²) in [6.07, 6.45) is -0.463. The monoisotopic (exact) mass is 538 g/mol. The highest BCUT2D eigenvalue weighted by molar-refractivity contribution is 6.07. The van der Waals surface area contributed by atoms with Crippen LogP contribution in [0, 0.1) is 0 Å². The number of guanidine groups is 4. The first-order chi connectivity index (χ1) is 18.5. The summed E-state index contributed by atoms with van der Waals surface area (Å²) in [5.41, 5.74) is 1.39. The minimum atomic E-state index is -0.588. The first-order valence-corrected chi connectivity index (χ1v) is 12.2. The molecule has 2 unspecified atom stereocenters. The SMILES string of the molecule is CC1N=C(N(C)C)NC(=NCc2cc(CC3N=C(Nc4cccc(O)c4O)NC(N(C)C)=N3)cc(O)c2O)N1. The van der Waals surface area contributed by atoms with Crippen LogP contribution in [0.4, 0.5) is 5.69 Å². The van der Waals surface area contributed by atoms with Crippen LogP contribution in [0.2, 0.25) is 0 Å². The number of anilines is 1. The van der Waals surface area contributed by atoms with Crippen LogP contribution in [-0.2, 0) is 13.0 Å². The molecule has 2 heterocycles. The molecule has 0 radical (unpaired) electrons. The summed E-state index contributed by atoms with van der Waals surface area (Å²) < 4.78 is 0. The molecule has 0 bridgehead atoms. The van der Waals surface area contributed by atoms with Crippen LogP contribution in [0.3, 0.4) is 0 Å². The smallest absolute Gasteiger partial charge is 0.204 e. The second-order valence-electron chi connectivity index (χ2n) is 9.51. The summed E-state index contributed by atoms with van der Waals surface area (Å²) in [5, 5.41) is 53.2. The van der Waals surface area contributed by atoms with Gasteiger partial charge in [-0.15, -0.1) is 0 Å². The largest absolute Gasteiger partial charge is 0.504 e. The summed E-state index contributed by atoms with van der Waals surface area (Å²) >= 11 is 0. The zero-order valence-electron chi connectivity index (χ0n) is 22.4. The Morgan fingerprint density at radius 3 is 2.33 bits per heavy atom. The van der Waals surface area contributed by atoms with Gasteiger partial charge in [-0.3, -0.25) is 10.6 Å². The van der Waals surface area contributed by atoms with Gasteiger partial charge in [0.05, 0.1) is 12.2 Å². The van der Waals surface area contributed by atoms with Gasteiger partial charge in [0.1, 0.15) is 6.17 Å². The highest BCUT2D eigenvalue weighted by atomic mass is 16.3. The van der Waals surface area contributed by atoms with Crippen molar-refractivity contribution in [1.82, 2.24) is 25.8 Å². The molecule has 0 saturated carbocycles. The van der Waals surface area contributed by atoms with Crippen molar-refractivity contribution < 1.29 is 20.4 Å². The van der Waals surface area contributed by atoms with E-state index in [2.05, 4.69) is 41.2 Å². The average Bonchev–Trinajstić information content (AvgIpc) is 2.87. The highest BCUT2D eigenvalue weighted by Gasteiger charge is 2.22. The molecule has 4 rings (SSSR count). The highest BCUT2D eigenvalue weighted by Crippen LogP contribution is 2.33. The first kappa shape index (κ1) is 27.2. The first-order valence-electron chi connectivity index (χ1n) is 12.2. The van der Waals surface area contributed by atoms with E-state index in [4.69, 9.17) is 0 Å². The van der Waals surface area contributed by atoms with Crippen LogP contribution in [0.1, 0.15) is 18.1 Å². The molecule has 39 heavy (non-hydrogen) atoms. The van der Waals surface area contributed by atoms with Crippen molar-refractivity contribution in [2.75, 3.05) is 33.5 Å². The summed E-state index contributed by atoms with van der Waals surface area (Å²) in [7, 11) is 7.38. The molecule has 208 valence electrons. The van der Waals surface area contributed by atoms with E-state index in [-0.39, 0.29) is 41.4 Å². The zero-order chi connectivity index (χ0) is 28.3. The number of nitrogens with zero attached hydrogens (tertiary/aromatic N) is 6. The van der Waals surface area contributed by atoms with Gasteiger partial charge in [-0.1, -0.05) is 6.07 Å². The van der Waals surface area contributed by atoms with E-state index >= 15 is 0 Å². The number of phenols is 4. The Labute approximate surface area is 226 Å². The van der Waals surface area contributed by atoms with E-state index in [1.54, 1.807) is 23.1 Å². The molecule has 2 atom stereocenters. The normalized spacial score (nSPS) is 19.6. The van der Waals surface area contributed by atoms with Crippen LogP contribution in [0.25, 0.3) is 0 Å². The predicted octanol–water partition coefficient (Wildman–Crippen LogP) is 0.679. The van der Waals surface area contributed by atoms with Crippen molar-refractivity contribution in [2.24, 2.45) is 20.0 Å². The van der Waals surface area contributed by atoms with Gasteiger partial charge in [0, 0.05) is 40.2 Å². The average molecular weight is 539 g/mol. The summed E-state index contributed by atoms with van der Waals surface area (Å²) in [5.74, 6) is 0.911. The number of phenolic OH excluding ortho intramolecular Hbond substituents is 4. The molecule has 8 N–H and O–H groups in total. The minimum Gasteiger partial charge on any atom is -0.504 e. The van der Waals surface area contributed by atoms with Crippen molar-refractivity contribution in [2.45, 2.75) is 32.2 Å². The van der Waals surface area contributed by atoms with E-state index in [1.165, 1.54) is 12.1 Å². The molecule has 0 spiro atoms. The summed E-state index contributed by atoms with van der Waals surface area (Å²) in [6, 6.07) is 7.80. The van der Waals surface area contributed by atoms with Crippen LogP contribution in [-0.4, -0.2) is 94.6 Å². The van der Waals surface area contributed by atoms with E-state index in [1.807, 2.05) is 40.0 Å². The Balaban J connectivity index is 1.56. The fourth-order valence-corrected chi connectivity index (χ4v) is 3.89. The molecular weight excluding hydrogens is 504 g/mol. The molecule has 0 amide bonds. The van der Waals surface area contributed by atoms with Gasteiger partial charge >= 0.3 is 0 Å². The van der Waals surface area contributed by atoms with E-state index < -0.39 is 6.17 Å². The van der Waals surface area contributed by atoms with Gasteiger partial charge in [-0.05, 0) is 36.8 Å². The van der Waals surface area contributed by atoms with Crippen molar-refractivity contribution >= 4 is 29.5 Å². The topological polar surface area (TPSA) is 185 Å². The number of nitrogens with one attached hydrogen (secondary N) is 4. The maximum atomic E-state index is 10.5. The Morgan fingerprint density at radius 2 is 1.62 bits per heavy atom. The lowest BCUT2D eigenvalue weighted by molar-refractivity contribution is 0.398. The van der Waals surface area contributed by atoms with Crippen LogP contribution < -0.4 is 21.3 Å². The molecule has 2 aliphatic rings. The Hall–Kier alpha value is -4.88. The number of hydrogen-bond acceptors (Lipinski definition) is 12. The molecule has 14 heteroatoms. The number of benzene rings is 2. The van der Waals surface area contributed by atoms with Gasteiger partial charge in [-0.25, -0.2) is 20.0 Å². The lowest BCUT2D eigenvalue weighted by atomic mass is 10.0. The van der Waals surface area contributed by atoms with Crippen molar-refractivity contribution in [3.05, 3.63) is 41.5 Å². The van der Waals surface area contributed by atoms with Gasteiger partial charge in [0.15, 0.2) is 35.1 Å². The van der Waals surface area contributed by atoms with Crippen LogP contribution in [0.5, 0.6) is 23.0 Å². The maximum Gasteiger partial charge on any atom is 0.204 e. The standard InChI is InChI=1S/C25H34N10O4/c1-13-27-22(32-24(28-13)34(2)3)26-12-15-9-14(10-18(37)20(15)38)11-19-30-23(33-25(31-19)35(4)5)29-16-7-6-8-17(36)21(16)39/h6-10,13,19,36-39H,11-12H2,1-5H3,(H2,26,27,28,32)(H2,29,30,31,33). The Morgan fingerprint density at radius 1 is 0.897 bits per heavy atom. The third-order valence-electron chi connectivity index (χ3n) is 5.84.